The number of nitrogens with one attached hydrogen (secondary N) is 1. The SMILES string of the molecule is CCCN(C(=O)C(C)C)[C@@H](C)C(=O)c1c(C)[nH]c(C(=O)OCC)c1C. The summed E-state index contributed by atoms with van der Waals surface area (Å²) in [6.07, 6.45) is 0.773. The number of ether oxygens (including phenoxy) is 1. The Hall–Kier alpha value is -2.11. The summed E-state index contributed by atoms with van der Waals surface area (Å²) in [5, 5.41) is 0. The van der Waals surface area contributed by atoms with E-state index < -0.39 is 12.0 Å². The highest BCUT2D eigenvalue weighted by Crippen LogP contribution is 2.22. The molecule has 0 aliphatic heterocycles. The van der Waals surface area contributed by atoms with E-state index in [2.05, 4.69) is 4.98 Å². The van der Waals surface area contributed by atoms with Crippen LogP contribution in [0.5, 0.6) is 0 Å². The first-order chi connectivity index (χ1) is 11.7. The van der Waals surface area contributed by atoms with E-state index >= 15 is 0 Å². The first kappa shape index (κ1) is 20.9. The number of carbonyl (C=O) groups is 3. The molecule has 6 nitrogen and oxygen atoms in total. The number of rotatable bonds is 8. The number of amides is 1. The quantitative estimate of drug-likeness (QED) is 0.576. The molecule has 0 aliphatic carbocycles. The number of carbonyl (C=O) groups excluding carboxylic acids is 3. The second kappa shape index (κ2) is 8.83. The fraction of sp³-hybridized carbons (Fsp3) is 0.632. The van der Waals surface area contributed by atoms with Crippen LogP contribution in [0.3, 0.4) is 0 Å². The van der Waals surface area contributed by atoms with Gasteiger partial charge in [-0.25, -0.2) is 4.79 Å². The van der Waals surface area contributed by atoms with Crippen molar-refractivity contribution in [2.24, 2.45) is 5.92 Å². The zero-order chi connectivity index (χ0) is 19.3. The average Bonchev–Trinajstić information content (AvgIpc) is 2.85. The maximum atomic E-state index is 13.1. The molecular weight excluding hydrogens is 320 g/mol. The molecule has 1 atom stereocenters. The maximum Gasteiger partial charge on any atom is 0.355 e. The van der Waals surface area contributed by atoms with Crippen molar-refractivity contribution >= 4 is 17.7 Å². The molecule has 0 bridgehead atoms. The summed E-state index contributed by atoms with van der Waals surface area (Å²) in [5.74, 6) is -0.854. The van der Waals surface area contributed by atoms with Crippen molar-refractivity contribution in [1.29, 1.82) is 0 Å². The van der Waals surface area contributed by atoms with Crippen LogP contribution in [0.15, 0.2) is 0 Å². The van der Waals surface area contributed by atoms with Crippen LogP contribution >= 0.6 is 0 Å². The fourth-order valence-electron chi connectivity index (χ4n) is 2.94. The van der Waals surface area contributed by atoms with Crippen LogP contribution in [0.4, 0.5) is 0 Å². The predicted molar refractivity (Wildman–Crippen MR) is 96.9 cm³/mol. The van der Waals surface area contributed by atoms with Gasteiger partial charge in [-0.2, -0.15) is 0 Å². The van der Waals surface area contributed by atoms with Crippen molar-refractivity contribution in [1.82, 2.24) is 9.88 Å². The van der Waals surface area contributed by atoms with Gasteiger partial charge in [0.15, 0.2) is 5.78 Å². The van der Waals surface area contributed by atoms with Crippen molar-refractivity contribution in [3.63, 3.8) is 0 Å². The van der Waals surface area contributed by atoms with Crippen molar-refractivity contribution in [3.8, 4) is 0 Å². The lowest BCUT2D eigenvalue weighted by atomic mass is 9.99. The van der Waals surface area contributed by atoms with Gasteiger partial charge >= 0.3 is 5.97 Å². The first-order valence-electron chi connectivity index (χ1n) is 8.88. The highest BCUT2D eigenvalue weighted by atomic mass is 16.5. The minimum absolute atomic E-state index is 0.0424. The Kier molecular flexibility index (Phi) is 7.39. The molecule has 0 aliphatic rings. The monoisotopic (exact) mass is 350 g/mol. The Morgan fingerprint density at radius 1 is 1.12 bits per heavy atom. The van der Waals surface area contributed by atoms with E-state index in [1.165, 1.54) is 0 Å². The Morgan fingerprint density at radius 2 is 1.72 bits per heavy atom. The Bertz CT molecular complexity index is 646. The molecule has 1 aromatic heterocycles. The van der Waals surface area contributed by atoms with Gasteiger partial charge in [-0.15, -0.1) is 0 Å². The van der Waals surface area contributed by atoms with E-state index in [4.69, 9.17) is 4.74 Å². The lowest BCUT2D eigenvalue weighted by Gasteiger charge is -2.29. The van der Waals surface area contributed by atoms with Crippen LogP contribution in [-0.4, -0.2) is 46.7 Å². The Morgan fingerprint density at radius 3 is 2.20 bits per heavy atom. The van der Waals surface area contributed by atoms with Gasteiger partial charge in [-0.1, -0.05) is 20.8 Å². The van der Waals surface area contributed by atoms with Crippen LogP contribution in [0.2, 0.25) is 0 Å². The largest absolute Gasteiger partial charge is 0.461 e. The summed E-state index contributed by atoms with van der Waals surface area (Å²) in [7, 11) is 0. The molecule has 0 radical (unpaired) electrons. The third kappa shape index (κ3) is 4.50. The van der Waals surface area contributed by atoms with Crippen molar-refractivity contribution < 1.29 is 19.1 Å². The van der Waals surface area contributed by atoms with Crippen molar-refractivity contribution in [2.45, 2.75) is 60.9 Å². The number of Topliss-reactive ketones (excluding diaryl/α,β-unsaturated/α-hetero) is 1. The highest BCUT2D eigenvalue weighted by Gasteiger charge is 2.31. The molecule has 1 rings (SSSR count). The molecule has 0 spiro atoms. The molecule has 0 saturated carbocycles. The van der Waals surface area contributed by atoms with Gasteiger partial charge < -0.3 is 14.6 Å². The molecule has 0 aromatic carbocycles. The summed E-state index contributed by atoms with van der Waals surface area (Å²) in [5.41, 5.74) is 1.95. The van der Waals surface area contributed by atoms with Crippen LogP contribution in [-0.2, 0) is 9.53 Å². The van der Waals surface area contributed by atoms with E-state index in [9.17, 15) is 14.4 Å². The summed E-state index contributed by atoms with van der Waals surface area (Å²) < 4.78 is 5.03. The molecule has 6 heteroatoms. The maximum absolute atomic E-state index is 13.1. The molecule has 1 heterocycles. The number of ketones is 1. The number of aromatic nitrogens is 1. The van der Waals surface area contributed by atoms with Gasteiger partial charge in [0.25, 0.3) is 0 Å². The minimum atomic E-state index is -0.585. The minimum Gasteiger partial charge on any atom is -0.461 e. The third-order valence-electron chi connectivity index (χ3n) is 4.25. The number of aromatic amines is 1. The number of nitrogens with zero attached hydrogens (tertiary/aromatic N) is 1. The summed E-state index contributed by atoms with van der Waals surface area (Å²) in [4.78, 5) is 42.1. The second-order valence-electron chi connectivity index (χ2n) is 6.57. The normalized spacial score (nSPS) is 12.2. The number of hydrogen-bond donors (Lipinski definition) is 1. The van der Waals surface area contributed by atoms with E-state index in [1.54, 1.807) is 32.6 Å². The van der Waals surface area contributed by atoms with Crippen molar-refractivity contribution in [2.75, 3.05) is 13.2 Å². The number of esters is 1. The molecule has 1 N–H and O–H groups in total. The van der Waals surface area contributed by atoms with E-state index in [0.29, 0.717) is 29.1 Å². The fourth-order valence-corrected chi connectivity index (χ4v) is 2.94. The lowest BCUT2D eigenvalue weighted by Crippen LogP contribution is -2.45. The molecule has 25 heavy (non-hydrogen) atoms. The smallest absolute Gasteiger partial charge is 0.355 e. The average molecular weight is 350 g/mol. The third-order valence-corrected chi connectivity index (χ3v) is 4.25. The van der Waals surface area contributed by atoms with Crippen LogP contribution in [0.1, 0.15) is 73.1 Å². The highest BCUT2D eigenvalue weighted by molar-refractivity contribution is 6.06. The second-order valence-corrected chi connectivity index (χ2v) is 6.57. The van der Waals surface area contributed by atoms with E-state index in [1.807, 2.05) is 20.8 Å². The summed E-state index contributed by atoms with van der Waals surface area (Å²) in [6, 6.07) is -0.585. The molecule has 0 saturated heterocycles. The predicted octanol–water partition coefficient (Wildman–Crippen LogP) is 3.27. The molecule has 1 amide bonds. The molecule has 1 aromatic rings. The van der Waals surface area contributed by atoms with Gasteiger partial charge in [-0.3, -0.25) is 9.59 Å². The standard InChI is InChI=1S/C19H30N2O4/c1-8-10-21(18(23)11(3)4)14(7)17(22)15-12(5)16(20-13(15)6)19(24)25-9-2/h11,14,20H,8-10H2,1-7H3/t14-/m0/s1. The number of aryl methyl sites for hydroxylation is 1. The Labute approximate surface area is 149 Å². The molecule has 0 fully saturated rings. The summed E-state index contributed by atoms with van der Waals surface area (Å²) >= 11 is 0. The van der Waals surface area contributed by atoms with Gasteiger partial charge in [0, 0.05) is 23.7 Å². The van der Waals surface area contributed by atoms with Gasteiger partial charge in [0.1, 0.15) is 5.69 Å². The molecule has 0 unspecified atom stereocenters. The van der Waals surface area contributed by atoms with Crippen LogP contribution < -0.4 is 0 Å². The molecular formula is C19H30N2O4. The topological polar surface area (TPSA) is 79.5 Å². The first-order valence-corrected chi connectivity index (χ1v) is 8.88. The van der Waals surface area contributed by atoms with E-state index in [-0.39, 0.29) is 24.2 Å². The lowest BCUT2D eigenvalue weighted by molar-refractivity contribution is -0.135. The zero-order valence-corrected chi connectivity index (χ0v) is 16.4. The number of hydrogen-bond acceptors (Lipinski definition) is 4. The zero-order valence-electron chi connectivity index (χ0n) is 16.4. The van der Waals surface area contributed by atoms with Crippen molar-refractivity contribution in [3.05, 3.63) is 22.5 Å². The van der Waals surface area contributed by atoms with E-state index in [0.717, 1.165) is 6.42 Å². The number of H-pyrrole nitrogens is 1. The van der Waals surface area contributed by atoms with Gasteiger partial charge in [0.05, 0.1) is 12.6 Å². The van der Waals surface area contributed by atoms with Gasteiger partial charge in [-0.05, 0) is 39.7 Å². The van der Waals surface area contributed by atoms with Gasteiger partial charge in [0.2, 0.25) is 5.91 Å². The Balaban J connectivity index is 3.21. The van der Waals surface area contributed by atoms with Crippen LogP contribution in [0, 0.1) is 19.8 Å². The summed E-state index contributed by atoms with van der Waals surface area (Å²) in [6.45, 7) is 13.4. The van der Waals surface area contributed by atoms with Crippen LogP contribution in [0.25, 0.3) is 0 Å². The molecule has 140 valence electrons.